The van der Waals surface area contributed by atoms with Gasteiger partial charge in [-0.3, -0.25) is 4.90 Å². The van der Waals surface area contributed by atoms with Crippen LogP contribution in [0.1, 0.15) is 53.4 Å². The third-order valence-corrected chi connectivity index (χ3v) is 4.77. The second-order valence-electron chi connectivity index (χ2n) is 7.68. The molecule has 0 radical (unpaired) electrons. The maximum absolute atomic E-state index is 10.6. The molecular weight excluding hydrogens is 210 g/mol. The van der Waals surface area contributed by atoms with Gasteiger partial charge in [0.1, 0.15) is 0 Å². The summed E-state index contributed by atoms with van der Waals surface area (Å²) >= 11 is 0. The van der Waals surface area contributed by atoms with Gasteiger partial charge in [0.05, 0.1) is 5.60 Å². The summed E-state index contributed by atoms with van der Waals surface area (Å²) in [6.07, 6.45) is 4.51. The molecule has 2 atom stereocenters. The SMILES string of the molecule is CC1CCCC(O)(CN2CC(C(C)(C)C)C2)C1. The minimum Gasteiger partial charge on any atom is -0.389 e. The molecule has 1 aliphatic carbocycles. The Labute approximate surface area is 106 Å². The average Bonchev–Trinajstić information content (AvgIpc) is 2.08. The van der Waals surface area contributed by atoms with Crippen LogP contribution in [0.15, 0.2) is 0 Å². The van der Waals surface area contributed by atoms with E-state index < -0.39 is 0 Å². The van der Waals surface area contributed by atoms with Crippen LogP contribution < -0.4 is 0 Å². The number of rotatable bonds is 2. The van der Waals surface area contributed by atoms with Crippen LogP contribution in [0.25, 0.3) is 0 Å². The minimum absolute atomic E-state index is 0.388. The largest absolute Gasteiger partial charge is 0.389 e. The molecule has 2 fully saturated rings. The number of hydrogen-bond donors (Lipinski definition) is 1. The molecule has 2 rings (SSSR count). The lowest BCUT2D eigenvalue weighted by Crippen LogP contribution is -2.57. The van der Waals surface area contributed by atoms with Gasteiger partial charge in [-0.2, -0.15) is 0 Å². The van der Waals surface area contributed by atoms with Crippen LogP contribution in [0.2, 0.25) is 0 Å². The van der Waals surface area contributed by atoms with Gasteiger partial charge in [-0.1, -0.05) is 40.5 Å². The highest BCUT2D eigenvalue weighted by molar-refractivity contribution is 4.94. The first-order valence-corrected chi connectivity index (χ1v) is 7.23. The second kappa shape index (κ2) is 4.55. The van der Waals surface area contributed by atoms with E-state index in [0.29, 0.717) is 11.3 Å². The van der Waals surface area contributed by atoms with Gasteiger partial charge in [0.2, 0.25) is 0 Å². The van der Waals surface area contributed by atoms with E-state index in [-0.39, 0.29) is 5.60 Å². The molecule has 0 aromatic heterocycles. The van der Waals surface area contributed by atoms with Crippen LogP contribution in [-0.2, 0) is 0 Å². The molecular formula is C15H29NO. The Morgan fingerprint density at radius 2 is 1.94 bits per heavy atom. The second-order valence-corrected chi connectivity index (χ2v) is 7.68. The summed E-state index contributed by atoms with van der Waals surface area (Å²) in [6.45, 7) is 12.5. The highest BCUT2D eigenvalue weighted by Gasteiger charge is 2.41. The van der Waals surface area contributed by atoms with Crippen molar-refractivity contribution in [2.45, 2.75) is 59.0 Å². The van der Waals surface area contributed by atoms with Gasteiger partial charge in [0, 0.05) is 19.6 Å². The monoisotopic (exact) mass is 239 g/mol. The predicted octanol–water partition coefficient (Wildman–Crippen LogP) is 2.91. The van der Waals surface area contributed by atoms with Crippen molar-refractivity contribution in [1.29, 1.82) is 0 Å². The summed E-state index contributed by atoms with van der Waals surface area (Å²) in [6, 6.07) is 0. The van der Waals surface area contributed by atoms with Crippen molar-refractivity contribution in [3.05, 3.63) is 0 Å². The Hall–Kier alpha value is -0.0800. The topological polar surface area (TPSA) is 23.5 Å². The molecule has 0 amide bonds. The predicted molar refractivity (Wildman–Crippen MR) is 72.0 cm³/mol. The number of likely N-dealkylation sites (tertiary alicyclic amines) is 1. The normalized spacial score (nSPS) is 36.9. The first-order chi connectivity index (χ1) is 7.78. The zero-order chi connectivity index (χ0) is 12.7. The standard InChI is InChI=1S/C15H29NO/c1-12-6-5-7-15(17,8-12)11-16-9-13(10-16)14(2,3)4/h12-13,17H,5-11H2,1-4H3. The van der Waals surface area contributed by atoms with E-state index >= 15 is 0 Å². The molecule has 2 heteroatoms. The Morgan fingerprint density at radius 1 is 1.29 bits per heavy atom. The molecule has 0 aromatic carbocycles. The lowest BCUT2D eigenvalue weighted by Gasteiger charge is -2.50. The molecule has 1 N–H and O–H groups in total. The van der Waals surface area contributed by atoms with Gasteiger partial charge in [-0.15, -0.1) is 0 Å². The van der Waals surface area contributed by atoms with Gasteiger partial charge in [0.15, 0.2) is 0 Å². The Morgan fingerprint density at radius 3 is 2.47 bits per heavy atom. The van der Waals surface area contributed by atoms with Crippen molar-refractivity contribution in [1.82, 2.24) is 4.90 Å². The van der Waals surface area contributed by atoms with Crippen molar-refractivity contribution in [2.24, 2.45) is 17.3 Å². The van der Waals surface area contributed by atoms with E-state index in [1.54, 1.807) is 0 Å². The summed E-state index contributed by atoms with van der Waals surface area (Å²) in [5.74, 6) is 1.51. The molecule has 2 nitrogen and oxygen atoms in total. The van der Waals surface area contributed by atoms with E-state index in [0.717, 1.165) is 25.3 Å². The molecule has 0 bridgehead atoms. The summed E-state index contributed by atoms with van der Waals surface area (Å²) < 4.78 is 0. The average molecular weight is 239 g/mol. The van der Waals surface area contributed by atoms with Gasteiger partial charge >= 0.3 is 0 Å². The lowest BCUT2D eigenvalue weighted by molar-refractivity contribution is -0.0780. The minimum atomic E-state index is -0.388. The Kier molecular flexibility index (Phi) is 3.57. The van der Waals surface area contributed by atoms with Crippen LogP contribution >= 0.6 is 0 Å². The molecule has 17 heavy (non-hydrogen) atoms. The van der Waals surface area contributed by atoms with Gasteiger partial charge in [-0.25, -0.2) is 0 Å². The fourth-order valence-corrected chi connectivity index (χ4v) is 3.44. The lowest BCUT2D eigenvalue weighted by atomic mass is 9.74. The van der Waals surface area contributed by atoms with Crippen LogP contribution in [0.5, 0.6) is 0 Å². The number of β-amino-alcohol motifs (C(OH)–C–C–N with tert-alkyl or cyclic N) is 1. The van der Waals surface area contributed by atoms with Crippen LogP contribution in [0.4, 0.5) is 0 Å². The summed E-state index contributed by atoms with van der Waals surface area (Å²) in [5.41, 5.74) is 0.0412. The highest BCUT2D eigenvalue weighted by Crippen LogP contribution is 2.37. The molecule has 1 aliphatic heterocycles. The fraction of sp³-hybridized carbons (Fsp3) is 1.00. The van der Waals surface area contributed by atoms with Gasteiger partial charge in [0.25, 0.3) is 0 Å². The zero-order valence-corrected chi connectivity index (χ0v) is 12.0. The molecule has 0 spiro atoms. The molecule has 2 unspecified atom stereocenters. The quantitative estimate of drug-likeness (QED) is 0.801. The maximum atomic E-state index is 10.6. The smallest absolute Gasteiger partial charge is 0.0776 e. The van der Waals surface area contributed by atoms with Crippen molar-refractivity contribution in [3.63, 3.8) is 0 Å². The van der Waals surface area contributed by atoms with Gasteiger partial charge in [-0.05, 0) is 30.1 Å². The van der Waals surface area contributed by atoms with E-state index in [2.05, 4.69) is 32.6 Å². The van der Waals surface area contributed by atoms with Crippen molar-refractivity contribution < 1.29 is 5.11 Å². The highest BCUT2D eigenvalue weighted by atomic mass is 16.3. The zero-order valence-electron chi connectivity index (χ0n) is 12.0. The van der Waals surface area contributed by atoms with Gasteiger partial charge < -0.3 is 5.11 Å². The molecule has 1 heterocycles. The number of hydrogen-bond acceptors (Lipinski definition) is 2. The molecule has 2 aliphatic rings. The third-order valence-electron chi connectivity index (χ3n) is 4.77. The number of aliphatic hydroxyl groups is 1. The molecule has 0 aromatic rings. The Balaban J connectivity index is 1.79. The molecule has 1 saturated heterocycles. The first-order valence-electron chi connectivity index (χ1n) is 7.23. The van der Waals surface area contributed by atoms with E-state index in [1.165, 1.54) is 25.9 Å². The summed E-state index contributed by atoms with van der Waals surface area (Å²) in [4.78, 5) is 2.45. The van der Waals surface area contributed by atoms with Crippen molar-refractivity contribution >= 4 is 0 Å². The van der Waals surface area contributed by atoms with E-state index in [9.17, 15) is 5.11 Å². The fourth-order valence-electron chi connectivity index (χ4n) is 3.44. The van der Waals surface area contributed by atoms with Crippen LogP contribution in [0, 0.1) is 17.3 Å². The Bertz CT molecular complexity index is 265. The third kappa shape index (κ3) is 3.23. The van der Waals surface area contributed by atoms with Crippen molar-refractivity contribution in [3.8, 4) is 0 Å². The van der Waals surface area contributed by atoms with Crippen LogP contribution in [-0.4, -0.2) is 35.2 Å². The van der Waals surface area contributed by atoms with Crippen molar-refractivity contribution in [2.75, 3.05) is 19.6 Å². The maximum Gasteiger partial charge on any atom is 0.0776 e. The molecule has 100 valence electrons. The summed E-state index contributed by atoms with van der Waals surface area (Å²) in [5, 5.41) is 10.6. The molecule has 1 saturated carbocycles. The number of nitrogens with zero attached hydrogens (tertiary/aromatic N) is 1. The van der Waals surface area contributed by atoms with E-state index in [1.807, 2.05) is 0 Å². The first kappa shape index (κ1) is 13.4. The van der Waals surface area contributed by atoms with E-state index in [4.69, 9.17) is 0 Å². The van der Waals surface area contributed by atoms with Crippen LogP contribution in [0.3, 0.4) is 0 Å². The summed E-state index contributed by atoms with van der Waals surface area (Å²) in [7, 11) is 0.